The van der Waals surface area contributed by atoms with Crippen molar-refractivity contribution in [1.82, 2.24) is 15.1 Å². The van der Waals surface area contributed by atoms with Gasteiger partial charge in [0.2, 0.25) is 24.5 Å². The van der Waals surface area contributed by atoms with Gasteiger partial charge in [-0.2, -0.15) is 8.42 Å². The Morgan fingerprint density at radius 3 is 2.10 bits per heavy atom. The third-order valence-corrected chi connectivity index (χ3v) is 14.6. The van der Waals surface area contributed by atoms with Gasteiger partial charge in [0, 0.05) is 4.75 Å². The van der Waals surface area contributed by atoms with Gasteiger partial charge in [0.15, 0.2) is 9.84 Å². The van der Waals surface area contributed by atoms with Crippen molar-refractivity contribution in [2.75, 3.05) is 6.79 Å². The third kappa shape index (κ3) is 6.84. The van der Waals surface area contributed by atoms with Crippen LogP contribution in [0.5, 0.6) is 0 Å². The number of carbonyl (C=O) groups is 5. The molecule has 4 heterocycles. The molecule has 4 fully saturated rings. The molecule has 51 heavy (non-hydrogen) atoms. The summed E-state index contributed by atoms with van der Waals surface area (Å²) in [7, 11) is -7.82. The van der Waals surface area contributed by atoms with Gasteiger partial charge in [0.25, 0.3) is 10.1 Å². The number of benzene rings is 2. The van der Waals surface area contributed by atoms with Crippen molar-refractivity contribution in [2.24, 2.45) is 5.73 Å². The first kappa shape index (κ1) is 38.2. The Morgan fingerprint density at radius 2 is 1.55 bits per heavy atom. The van der Waals surface area contributed by atoms with Crippen LogP contribution in [0.2, 0.25) is 0 Å². The summed E-state index contributed by atoms with van der Waals surface area (Å²) in [6.45, 7) is 7.21. The van der Waals surface area contributed by atoms with Gasteiger partial charge in [-0.25, -0.2) is 18.0 Å². The van der Waals surface area contributed by atoms with Gasteiger partial charge < -0.3 is 30.3 Å². The number of hydrogen-bond donors (Lipinski definition) is 3. The molecule has 3 amide bonds. The number of fused-ring (bicyclic) bond motifs is 2. The lowest BCUT2D eigenvalue weighted by Gasteiger charge is -2.44. The van der Waals surface area contributed by atoms with Gasteiger partial charge >= 0.3 is 11.9 Å². The van der Waals surface area contributed by atoms with Crippen molar-refractivity contribution < 1.29 is 54.8 Å². The Labute approximate surface area is 299 Å². The van der Waals surface area contributed by atoms with E-state index in [1.165, 1.54) is 42.6 Å². The van der Waals surface area contributed by atoms with E-state index in [4.69, 9.17) is 19.8 Å². The predicted molar refractivity (Wildman–Crippen MR) is 181 cm³/mol. The number of nitrogens with one attached hydrogen (secondary N) is 1. The highest BCUT2D eigenvalue weighted by Gasteiger charge is 2.68. The Kier molecular flexibility index (Phi) is 10.1. The van der Waals surface area contributed by atoms with Crippen molar-refractivity contribution in [3.8, 4) is 0 Å². The van der Waals surface area contributed by atoms with Crippen molar-refractivity contribution in [3.63, 3.8) is 0 Å². The molecule has 19 heteroatoms. The van der Waals surface area contributed by atoms with Crippen LogP contribution in [0, 0.1) is 6.92 Å². The smallest absolute Gasteiger partial charge is 0.333 e. The zero-order valence-electron chi connectivity index (χ0n) is 28.2. The number of hydrogen-bond acceptors (Lipinski definition) is 13. The van der Waals surface area contributed by atoms with Gasteiger partial charge in [-0.05, 0) is 52.3 Å². The minimum absolute atomic E-state index is 0.0666. The van der Waals surface area contributed by atoms with Crippen LogP contribution in [0.1, 0.15) is 51.3 Å². The molecule has 4 N–H and O–H groups in total. The minimum atomic E-state index is -4.02. The number of nitrogens with two attached hydrogens (primary N) is 1. The first-order chi connectivity index (χ1) is 23.6. The average molecular weight is 767 g/mol. The Morgan fingerprint density at radius 1 is 0.980 bits per heavy atom. The first-order valence-corrected chi connectivity index (χ1v) is 19.5. The number of amides is 3. The highest BCUT2D eigenvalue weighted by atomic mass is 32.2. The molecule has 0 bridgehead atoms. The van der Waals surface area contributed by atoms with E-state index in [1.807, 2.05) is 6.92 Å². The van der Waals surface area contributed by atoms with Gasteiger partial charge in [-0.1, -0.05) is 48.0 Å². The molecule has 4 aliphatic rings. The molecule has 6 rings (SSSR count). The molecule has 4 saturated heterocycles. The van der Waals surface area contributed by atoms with Crippen LogP contribution in [0.4, 0.5) is 0 Å². The molecule has 0 aliphatic carbocycles. The standard InChI is InChI=1S/C25H30N4O9S2.C7H8O3S/c1-24(2)17(29-20(32)16(21(29)39-24)27-19(31)15(26)12-8-6-5-7-9-12)22(33)37-11-38-23(34)18-25(3,4)40(35,36)14-10-13(30)28(14)18;1-6-2-4-7(5-3-6)11(8,9)10/h5-9,14-18,21H,10-11,26H2,1-4H3,(H,27,31);2-5H,1H3,(H,8,9,10)/t14-,15-,16-,17+,18+,21-;/m1./s1. The number of sulfone groups is 1. The topological polar surface area (TPSA) is 237 Å². The zero-order valence-corrected chi connectivity index (χ0v) is 30.7. The van der Waals surface area contributed by atoms with E-state index in [1.54, 1.807) is 56.3 Å². The molecule has 2 aromatic carbocycles. The number of nitrogens with zero attached hydrogens (tertiary/aromatic N) is 2. The van der Waals surface area contributed by atoms with Crippen LogP contribution in [-0.2, 0) is 53.4 Å². The van der Waals surface area contributed by atoms with Gasteiger partial charge in [-0.3, -0.25) is 18.9 Å². The largest absolute Gasteiger partial charge is 0.426 e. The number of β-lactam (4-membered cyclic amide) rings is 2. The number of rotatable bonds is 8. The maximum Gasteiger partial charge on any atom is 0.333 e. The summed E-state index contributed by atoms with van der Waals surface area (Å²) in [4.78, 5) is 65.8. The average Bonchev–Trinajstić information content (AvgIpc) is 3.38. The van der Waals surface area contributed by atoms with E-state index < -0.39 is 101 Å². The number of aryl methyl sites for hydroxylation is 1. The number of carbonyl (C=O) groups excluding carboxylic acids is 5. The lowest BCUT2D eigenvalue weighted by Crippen LogP contribution is -2.71. The van der Waals surface area contributed by atoms with Gasteiger partial charge in [-0.15, -0.1) is 11.8 Å². The minimum Gasteiger partial charge on any atom is -0.426 e. The molecule has 0 spiro atoms. The van der Waals surface area contributed by atoms with E-state index in [0.29, 0.717) is 5.56 Å². The molecule has 6 atom stereocenters. The molecule has 0 saturated carbocycles. The molecule has 2 aromatic rings. The molecular weight excluding hydrogens is 729 g/mol. The first-order valence-electron chi connectivity index (χ1n) is 15.6. The maximum atomic E-state index is 13.0. The maximum absolute atomic E-state index is 13.0. The van der Waals surface area contributed by atoms with Gasteiger partial charge in [0.05, 0.1) is 16.1 Å². The van der Waals surface area contributed by atoms with Crippen LogP contribution in [0.15, 0.2) is 59.5 Å². The molecule has 4 aliphatic heterocycles. The second-order valence-electron chi connectivity index (χ2n) is 13.5. The summed E-state index contributed by atoms with van der Waals surface area (Å²) >= 11 is 1.31. The SMILES string of the molecule is CC1(C)S[C@@H]2[C@H](NC(=O)[C@H](N)c3ccccc3)C(=O)N2[C@H]1C(=O)OCOC(=O)[C@@H]1N2C(=O)C[C@H]2S(=O)(=O)C1(C)C.Cc1ccc(S(=O)(=O)O)cc1. The van der Waals surface area contributed by atoms with Crippen LogP contribution < -0.4 is 11.1 Å². The predicted octanol–water partition coefficient (Wildman–Crippen LogP) is 0.653. The van der Waals surface area contributed by atoms with E-state index >= 15 is 0 Å². The molecule has 0 aromatic heterocycles. The van der Waals surface area contributed by atoms with Crippen molar-refractivity contribution in [1.29, 1.82) is 0 Å². The Bertz CT molecular complexity index is 1970. The van der Waals surface area contributed by atoms with Crippen LogP contribution in [0.25, 0.3) is 0 Å². The van der Waals surface area contributed by atoms with Crippen LogP contribution >= 0.6 is 11.8 Å². The van der Waals surface area contributed by atoms with E-state index in [0.717, 1.165) is 10.5 Å². The van der Waals surface area contributed by atoms with E-state index in [9.17, 15) is 40.8 Å². The summed E-state index contributed by atoms with van der Waals surface area (Å²) in [5.74, 6) is -3.32. The van der Waals surface area contributed by atoms with Crippen molar-refractivity contribution in [3.05, 3.63) is 65.7 Å². The second-order valence-corrected chi connectivity index (χ2v) is 19.4. The lowest BCUT2D eigenvalue weighted by molar-refractivity contribution is -0.181. The number of thioether (sulfide) groups is 1. The summed E-state index contributed by atoms with van der Waals surface area (Å²) in [5.41, 5.74) is 7.59. The monoisotopic (exact) mass is 766 g/mol. The third-order valence-electron chi connectivity index (χ3n) is 9.32. The normalized spacial score (nSPS) is 27.0. The fraction of sp³-hybridized carbons (Fsp3) is 0.469. The molecule has 16 nitrogen and oxygen atoms in total. The summed E-state index contributed by atoms with van der Waals surface area (Å²) in [6.07, 6.45) is -0.191. The molecular formula is C32H38N4O12S3. The summed E-state index contributed by atoms with van der Waals surface area (Å²) < 4.78 is 62.9. The van der Waals surface area contributed by atoms with Crippen LogP contribution in [0.3, 0.4) is 0 Å². The Hall–Kier alpha value is -4.04. The second kappa shape index (κ2) is 13.5. The fourth-order valence-corrected chi connectivity index (χ4v) is 10.6. The number of ether oxygens (including phenoxy) is 2. The highest BCUT2D eigenvalue weighted by Crippen LogP contribution is 2.51. The fourth-order valence-electron chi connectivity index (χ4n) is 6.40. The highest BCUT2D eigenvalue weighted by molar-refractivity contribution is 8.01. The van der Waals surface area contributed by atoms with E-state index in [-0.39, 0.29) is 11.3 Å². The molecule has 0 unspecified atom stereocenters. The Balaban J connectivity index is 0.000000392. The van der Waals surface area contributed by atoms with Gasteiger partial charge in [0.1, 0.15) is 34.9 Å². The zero-order chi connectivity index (χ0) is 37.8. The van der Waals surface area contributed by atoms with Crippen molar-refractivity contribution >= 4 is 61.4 Å². The molecule has 0 radical (unpaired) electrons. The van der Waals surface area contributed by atoms with Crippen molar-refractivity contribution in [2.45, 2.75) is 90.3 Å². The quantitative estimate of drug-likeness (QED) is 0.145. The summed E-state index contributed by atoms with van der Waals surface area (Å²) in [5, 5.41) is 1.07. The van der Waals surface area contributed by atoms with E-state index in [2.05, 4.69) is 5.32 Å². The summed E-state index contributed by atoms with van der Waals surface area (Å²) in [6, 6.07) is 10.4. The molecule has 276 valence electrons. The lowest BCUT2D eigenvalue weighted by atomic mass is 9.95. The van der Waals surface area contributed by atoms with Crippen LogP contribution in [-0.4, -0.2) is 106 Å². The number of esters is 2.